The number of carbonyl (C=O) groups is 2. The van der Waals surface area contributed by atoms with Gasteiger partial charge in [-0.25, -0.2) is 4.39 Å². The molecular weight excluding hydrogens is 295 g/mol. The molecular formula is C15H18ClFN2O2. The SMILES string of the molecule is CCCC1NC(=O)C(CC)N(c2ccc(F)cc2Cl)C1=O. The third kappa shape index (κ3) is 3.02. The van der Waals surface area contributed by atoms with Crippen LogP contribution in [0.5, 0.6) is 0 Å². The zero-order valence-corrected chi connectivity index (χ0v) is 12.8. The molecule has 6 heteroatoms. The average Bonchev–Trinajstić information content (AvgIpc) is 2.43. The number of halogens is 2. The number of nitrogens with one attached hydrogen (secondary N) is 1. The average molecular weight is 313 g/mol. The van der Waals surface area contributed by atoms with Crippen LogP contribution in [0.4, 0.5) is 10.1 Å². The van der Waals surface area contributed by atoms with Crippen molar-refractivity contribution in [2.24, 2.45) is 0 Å². The van der Waals surface area contributed by atoms with Gasteiger partial charge in [0.1, 0.15) is 17.9 Å². The number of amides is 2. The summed E-state index contributed by atoms with van der Waals surface area (Å²) in [5, 5.41) is 2.88. The van der Waals surface area contributed by atoms with Crippen molar-refractivity contribution < 1.29 is 14.0 Å². The molecule has 0 aromatic heterocycles. The Morgan fingerprint density at radius 1 is 1.33 bits per heavy atom. The summed E-state index contributed by atoms with van der Waals surface area (Å²) in [5.41, 5.74) is 0.380. The van der Waals surface area contributed by atoms with E-state index >= 15 is 0 Å². The van der Waals surface area contributed by atoms with E-state index in [1.807, 2.05) is 13.8 Å². The van der Waals surface area contributed by atoms with Crippen LogP contribution in [-0.2, 0) is 9.59 Å². The smallest absolute Gasteiger partial charge is 0.250 e. The number of piperazine rings is 1. The van der Waals surface area contributed by atoms with Crippen LogP contribution in [0.25, 0.3) is 0 Å². The summed E-state index contributed by atoms with van der Waals surface area (Å²) in [5.74, 6) is -0.872. The molecule has 2 amide bonds. The van der Waals surface area contributed by atoms with E-state index in [1.54, 1.807) is 0 Å². The van der Waals surface area contributed by atoms with Crippen molar-refractivity contribution >= 4 is 29.1 Å². The second kappa shape index (κ2) is 6.43. The Bertz CT molecular complexity index is 565. The largest absolute Gasteiger partial charge is 0.342 e. The van der Waals surface area contributed by atoms with Gasteiger partial charge in [0, 0.05) is 0 Å². The van der Waals surface area contributed by atoms with Gasteiger partial charge < -0.3 is 5.32 Å². The molecule has 0 radical (unpaired) electrons. The van der Waals surface area contributed by atoms with Crippen molar-refractivity contribution in [2.75, 3.05) is 4.90 Å². The minimum atomic E-state index is -0.617. The fourth-order valence-corrected chi connectivity index (χ4v) is 2.84. The van der Waals surface area contributed by atoms with Crippen LogP contribution in [0.2, 0.25) is 5.02 Å². The first-order valence-electron chi connectivity index (χ1n) is 7.08. The molecule has 4 nitrogen and oxygen atoms in total. The van der Waals surface area contributed by atoms with Gasteiger partial charge in [-0.15, -0.1) is 0 Å². The van der Waals surface area contributed by atoms with Crippen LogP contribution in [0, 0.1) is 5.82 Å². The molecule has 21 heavy (non-hydrogen) atoms. The van der Waals surface area contributed by atoms with Gasteiger partial charge in [-0.1, -0.05) is 31.9 Å². The Kier molecular flexibility index (Phi) is 4.83. The highest BCUT2D eigenvalue weighted by Crippen LogP contribution is 2.31. The molecule has 1 aliphatic heterocycles. The summed E-state index contributed by atoms with van der Waals surface area (Å²) in [7, 11) is 0. The van der Waals surface area contributed by atoms with Gasteiger partial charge >= 0.3 is 0 Å². The number of benzene rings is 1. The number of hydrogen-bond donors (Lipinski definition) is 1. The van der Waals surface area contributed by atoms with Gasteiger partial charge in [0.25, 0.3) is 0 Å². The molecule has 0 aliphatic carbocycles. The molecule has 114 valence electrons. The summed E-state index contributed by atoms with van der Waals surface area (Å²) < 4.78 is 13.2. The summed E-state index contributed by atoms with van der Waals surface area (Å²) in [4.78, 5) is 26.2. The summed E-state index contributed by atoms with van der Waals surface area (Å²) in [6.07, 6.45) is 1.80. The maximum Gasteiger partial charge on any atom is 0.250 e. The zero-order chi connectivity index (χ0) is 15.6. The van der Waals surface area contributed by atoms with Gasteiger partial charge in [-0.2, -0.15) is 0 Å². The minimum Gasteiger partial charge on any atom is -0.342 e. The van der Waals surface area contributed by atoms with E-state index < -0.39 is 17.9 Å². The first kappa shape index (κ1) is 15.8. The molecule has 2 rings (SSSR count). The molecule has 1 fully saturated rings. The number of anilines is 1. The van der Waals surface area contributed by atoms with E-state index in [9.17, 15) is 14.0 Å². The molecule has 1 heterocycles. The van der Waals surface area contributed by atoms with Crippen LogP contribution in [0.3, 0.4) is 0 Å². The quantitative estimate of drug-likeness (QED) is 0.929. The molecule has 2 unspecified atom stereocenters. The third-order valence-electron chi connectivity index (χ3n) is 3.60. The van der Waals surface area contributed by atoms with E-state index in [1.165, 1.54) is 17.0 Å². The molecule has 0 saturated carbocycles. The molecule has 1 N–H and O–H groups in total. The summed E-state index contributed by atoms with van der Waals surface area (Å²) in [6.45, 7) is 3.77. The normalized spacial score (nSPS) is 22.4. The van der Waals surface area contributed by atoms with Crippen LogP contribution >= 0.6 is 11.6 Å². The predicted molar refractivity (Wildman–Crippen MR) is 79.8 cm³/mol. The van der Waals surface area contributed by atoms with Gasteiger partial charge in [-0.3, -0.25) is 14.5 Å². The molecule has 2 atom stereocenters. The van der Waals surface area contributed by atoms with Crippen LogP contribution < -0.4 is 10.2 Å². The van der Waals surface area contributed by atoms with E-state index in [2.05, 4.69) is 5.32 Å². The second-order valence-electron chi connectivity index (χ2n) is 5.08. The van der Waals surface area contributed by atoms with E-state index in [-0.39, 0.29) is 16.8 Å². The highest BCUT2D eigenvalue weighted by atomic mass is 35.5. The number of hydrogen-bond acceptors (Lipinski definition) is 2. The first-order chi connectivity index (χ1) is 9.99. The Morgan fingerprint density at radius 2 is 2.05 bits per heavy atom. The maximum absolute atomic E-state index is 13.2. The zero-order valence-electron chi connectivity index (χ0n) is 12.0. The van der Waals surface area contributed by atoms with Gasteiger partial charge in [0.15, 0.2) is 0 Å². The monoisotopic (exact) mass is 312 g/mol. The lowest BCUT2D eigenvalue weighted by atomic mass is 10.0. The topological polar surface area (TPSA) is 49.4 Å². The van der Waals surface area contributed by atoms with Gasteiger partial charge in [0.05, 0.1) is 10.7 Å². The Labute approximate surface area is 128 Å². The molecule has 0 spiro atoms. The highest BCUT2D eigenvalue weighted by molar-refractivity contribution is 6.34. The second-order valence-corrected chi connectivity index (χ2v) is 5.49. The van der Waals surface area contributed by atoms with Crippen molar-refractivity contribution in [3.63, 3.8) is 0 Å². The Balaban J connectivity index is 2.44. The van der Waals surface area contributed by atoms with Crippen LogP contribution in [0.1, 0.15) is 33.1 Å². The van der Waals surface area contributed by atoms with Crippen LogP contribution in [0.15, 0.2) is 18.2 Å². The first-order valence-corrected chi connectivity index (χ1v) is 7.45. The van der Waals surface area contributed by atoms with Crippen molar-refractivity contribution in [1.29, 1.82) is 0 Å². The lowest BCUT2D eigenvalue weighted by Crippen LogP contribution is -2.63. The predicted octanol–water partition coefficient (Wildman–Crippen LogP) is 2.89. The molecule has 1 aliphatic rings. The van der Waals surface area contributed by atoms with Crippen LogP contribution in [-0.4, -0.2) is 23.9 Å². The van der Waals surface area contributed by atoms with E-state index in [4.69, 9.17) is 11.6 Å². The third-order valence-corrected chi connectivity index (χ3v) is 3.90. The Hall–Kier alpha value is -1.62. The molecule has 0 bridgehead atoms. The highest BCUT2D eigenvalue weighted by Gasteiger charge is 2.40. The fraction of sp³-hybridized carbons (Fsp3) is 0.467. The van der Waals surface area contributed by atoms with Gasteiger partial charge in [-0.05, 0) is 31.0 Å². The van der Waals surface area contributed by atoms with Crippen molar-refractivity contribution in [1.82, 2.24) is 5.32 Å². The van der Waals surface area contributed by atoms with Crippen molar-refractivity contribution in [3.05, 3.63) is 29.0 Å². The summed E-state index contributed by atoms with van der Waals surface area (Å²) in [6, 6.07) is 2.67. The number of rotatable bonds is 4. The Morgan fingerprint density at radius 3 is 2.62 bits per heavy atom. The van der Waals surface area contributed by atoms with Gasteiger partial charge in [0.2, 0.25) is 11.8 Å². The molecule has 1 saturated heterocycles. The number of nitrogens with zero attached hydrogens (tertiary/aromatic N) is 1. The maximum atomic E-state index is 13.2. The fourth-order valence-electron chi connectivity index (χ4n) is 2.58. The molecule has 1 aromatic rings. The van der Waals surface area contributed by atoms with E-state index in [0.717, 1.165) is 12.5 Å². The number of carbonyl (C=O) groups excluding carboxylic acids is 2. The van der Waals surface area contributed by atoms with E-state index in [0.29, 0.717) is 18.5 Å². The molecule has 1 aromatic carbocycles. The summed E-state index contributed by atoms with van der Waals surface area (Å²) >= 11 is 6.06. The lowest BCUT2D eigenvalue weighted by Gasteiger charge is -2.39. The van der Waals surface area contributed by atoms with Crippen molar-refractivity contribution in [2.45, 2.75) is 45.2 Å². The van der Waals surface area contributed by atoms with Crippen molar-refractivity contribution in [3.8, 4) is 0 Å². The standard InChI is InChI=1S/C15H18ClFN2O2/c1-3-5-11-15(21)19(12(4-2)14(20)18-11)13-7-6-9(17)8-10(13)16/h6-8,11-12H,3-5H2,1-2H3,(H,18,20). The lowest BCUT2D eigenvalue weighted by molar-refractivity contribution is -0.134. The minimum absolute atomic E-state index is 0.131.